The van der Waals surface area contributed by atoms with Gasteiger partial charge in [0.1, 0.15) is 16.9 Å². The summed E-state index contributed by atoms with van der Waals surface area (Å²) < 4.78 is 11.3. The van der Waals surface area contributed by atoms with Gasteiger partial charge in [0.05, 0.1) is 7.11 Å². The van der Waals surface area contributed by atoms with Crippen molar-refractivity contribution in [2.75, 3.05) is 7.11 Å². The van der Waals surface area contributed by atoms with Crippen LogP contribution in [0, 0.1) is 3.57 Å². The van der Waals surface area contributed by atoms with E-state index in [-0.39, 0.29) is 5.97 Å². The molecule has 0 aliphatic rings. The lowest BCUT2D eigenvalue weighted by Gasteiger charge is -2.20. The number of benzene rings is 1. The summed E-state index contributed by atoms with van der Waals surface area (Å²) in [6, 6.07) is 5.44. The summed E-state index contributed by atoms with van der Waals surface area (Å²) in [6.45, 7) is 5.52. The number of halogens is 1. The topological polar surface area (TPSA) is 35.5 Å². The lowest BCUT2D eigenvalue weighted by molar-refractivity contribution is 0.00653. The average Bonchev–Trinajstić information content (AvgIpc) is 2.14. The molecule has 1 aromatic carbocycles. The van der Waals surface area contributed by atoms with Gasteiger partial charge in [-0.2, -0.15) is 0 Å². The van der Waals surface area contributed by atoms with E-state index >= 15 is 0 Å². The summed E-state index contributed by atoms with van der Waals surface area (Å²) in [6.07, 6.45) is 0. The third-order valence-electron chi connectivity index (χ3n) is 1.80. The number of methoxy groups -OCH3 is 1. The van der Waals surface area contributed by atoms with Gasteiger partial charge in [0.25, 0.3) is 0 Å². The molecular weight excluding hydrogens is 319 g/mol. The fourth-order valence-corrected chi connectivity index (χ4v) is 1.90. The second-order valence-corrected chi connectivity index (χ2v) is 5.48. The Morgan fingerprint density at radius 3 is 2.44 bits per heavy atom. The zero-order chi connectivity index (χ0) is 12.3. The highest BCUT2D eigenvalue weighted by Gasteiger charge is 2.22. The predicted molar refractivity (Wildman–Crippen MR) is 70.9 cm³/mol. The van der Waals surface area contributed by atoms with Crippen molar-refractivity contribution in [2.24, 2.45) is 0 Å². The lowest BCUT2D eigenvalue weighted by Crippen LogP contribution is -2.24. The minimum atomic E-state index is -0.499. The molecule has 0 heterocycles. The molecule has 4 heteroatoms. The Hall–Kier alpha value is -0.780. The minimum Gasteiger partial charge on any atom is -0.496 e. The average molecular weight is 334 g/mol. The van der Waals surface area contributed by atoms with Crippen LogP contribution >= 0.6 is 22.6 Å². The van der Waals surface area contributed by atoms with Gasteiger partial charge in [-0.3, -0.25) is 0 Å². The second-order valence-electron chi connectivity index (χ2n) is 4.32. The Kier molecular flexibility index (Phi) is 4.18. The molecule has 0 bridgehead atoms. The Morgan fingerprint density at radius 1 is 1.31 bits per heavy atom. The second kappa shape index (κ2) is 5.03. The summed E-state index contributed by atoms with van der Waals surface area (Å²) in [5.41, 5.74) is -0.0124. The van der Waals surface area contributed by atoms with E-state index in [2.05, 4.69) is 22.6 Å². The Labute approximate surface area is 109 Å². The van der Waals surface area contributed by atoms with Crippen LogP contribution in [0.1, 0.15) is 31.1 Å². The van der Waals surface area contributed by atoms with Gasteiger partial charge in [-0.05, 0) is 55.5 Å². The Morgan fingerprint density at radius 2 is 1.94 bits per heavy atom. The quantitative estimate of drug-likeness (QED) is 0.615. The first-order valence-electron chi connectivity index (χ1n) is 4.91. The highest BCUT2D eigenvalue weighted by molar-refractivity contribution is 14.1. The molecule has 0 fully saturated rings. The lowest BCUT2D eigenvalue weighted by atomic mass is 10.1. The third-order valence-corrected chi connectivity index (χ3v) is 2.70. The van der Waals surface area contributed by atoms with Crippen LogP contribution in [0.15, 0.2) is 18.2 Å². The van der Waals surface area contributed by atoms with Gasteiger partial charge in [0.15, 0.2) is 0 Å². The molecule has 0 saturated heterocycles. The molecule has 0 atom stereocenters. The number of hydrogen-bond donors (Lipinski definition) is 0. The number of carbonyl (C=O) groups is 1. The number of hydrogen-bond acceptors (Lipinski definition) is 3. The van der Waals surface area contributed by atoms with Gasteiger partial charge >= 0.3 is 5.97 Å². The Bertz CT molecular complexity index is 394. The highest BCUT2D eigenvalue weighted by Crippen LogP contribution is 2.26. The third kappa shape index (κ3) is 3.37. The van der Waals surface area contributed by atoms with Gasteiger partial charge < -0.3 is 9.47 Å². The molecule has 0 unspecified atom stereocenters. The van der Waals surface area contributed by atoms with Crippen LogP contribution in [-0.2, 0) is 4.74 Å². The number of esters is 1. The van der Waals surface area contributed by atoms with E-state index in [4.69, 9.17) is 9.47 Å². The van der Waals surface area contributed by atoms with Crippen LogP contribution in [-0.4, -0.2) is 18.7 Å². The minimum absolute atomic E-state index is 0.352. The molecule has 88 valence electrons. The van der Waals surface area contributed by atoms with Crippen LogP contribution < -0.4 is 4.74 Å². The maximum Gasteiger partial charge on any atom is 0.343 e. The highest BCUT2D eigenvalue weighted by atomic mass is 127. The predicted octanol–water partition coefficient (Wildman–Crippen LogP) is 3.26. The van der Waals surface area contributed by atoms with Gasteiger partial charge in [-0.25, -0.2) is 4.79 Å². The zero-order valence-electron chi connectivity index (χ0n) is 9.83. The van der Waals surface area contributed by atoms with Crippen LogP contribution in [0.2, 0.25) is 0 Å². The van der Waals surface area contributed by atoms with E-state index in [1.807, 2.05) is 32.9 Å². The first kappa shape index (κ1) is 13.3. The molecule has 16 heavy (non-hydrogen) atoms. The number of carbonyl (C=O) groups excluding carboxylic acids is 1. The van der Waals surface area contributed by atoms with Crippen molar-refractivity contribution in [2.45, 2.75) is 26.4 Å². The molecule has 0 radical (unpaired) electrons. The monoisotopic (exact) mass is 334 g/mol. The van der Waals surface area contributed by atoms with Gasteiger partial charge in [0.2, 0.25) is 0 Å². The van der Waals surface area contributed by atoms with Crippen LogP contribution in [0.5, 0.6) is 5.75 Å². The summed E-state index contributed by atoms with van der Waals surface area (Å²) in [5, 5.41) is 0. The molecule has 0 saturated carbocycles. The molecular formula is C12H15IO3. The molecule has 0 aliphatic heterocycles. The molecule has 0 aromatic heterocycles. The number of ether oxygens (including phenoxy) is 2. The standard InChI is InChI=1S/C12H15IO3/c1-12(2,3)16-11(14)10-8(13)6-5-7-9(10)15-4/h5-7H,1-4H3. The Balaban J connectivity index is 3.08. The van der Waals surface area contributed by atoms with Crippen LogP contribution in [0.4, 0.5) is 0 Å². The first-order valence-corrected chi connectivity index (χ1v) is 5.99. The molecule has 0 aliphatic carbocycles. The van der Waals surface area contributed by atoms with E-state index in [9.17, 15) is 4.79 Å². The molecule has 3 nitrogen and oxygen atoms in total. The fourth-order valence-electron chi connectivity index (χ4n) is 1.20. The van der Waals surface area contributed by atoms with E-state index in [1.165, 1.54) is 0 Å². The van der Waals surface area contributed by atoms with Crippen molar-refractivity contribution >= 4 is 28.6 Å². The van der Waals surface area contributed by atoms with E-state index in [0.717, 1.165) is 3.57 Å². The maximum absolute atomic E-state index is 12.0. The SMILES string of the molecule is COc1cccc(I)c1C(=O)OC(C)(C)C. The summed E-state index contributed by atoms with van der Waals surface area (Å²) in [7, 11) is 1.54. The summed E-state index contributed by atoms with van der Waals surface area (Å²) in [5.74, 6) is 0.190. The first-order chi connectivity index (χ1) is 7.35. The van der Waals surface area contributed by atoms with Crippen molar-refractivity contribution in [1.82, 2.24) is 0 Å². The van der Waals surface area contributed by atoms with E-state index in [0.29, 0.717) is 11.3 Å². The molecule has 1 rings (SSSR count). The van der Waals surface area contributed by atoms with Crippen molar-refractivity contribution in [3.63, 3.8) is 0 Å². The van der Waals surface area contributed by atoms with Gasteiger partial charge in [-0.15, -0.1) is 0 Å². The van der Waals surface area contributed by atoms with E-state index < -0.39 is 5.60 Å². The molecule has 0 spiro atoms. The largest absolute Gasteiger partial charge is 0.496 e. The summed E-state index contributed by atoms with van der Waals surface area (Å²) >= 11 is 2.10. The van der Waals surface area contributed by atoms with Gasteiger partial charge in [0, 0.05) is 3.57 Å². The normalized spacial score (nSPS) is 11.1. The smallest absolute Gasteiger partial charge is 0.343 e. The van der Waals surface area contributed by atoms with Crippen molar-refractivity contribution in [1.29, 1.82) is 0 Å². The molecule has 0 amide bonds. The van der Waals surface area contributed by atoms with Crippen LogP contribution in [0.3, 0.4) is 0 Å². The zero-order valence-corrected chi connectivity index (χ0v) is 12.0. The van der Waals surface area contributed by atoms with Gasteiger partial charge in [-0.1, -0.05) is 6.07 Å². The van der Waals surface area contributed by atoms with Crippen molar-refractivity contribution in [3.05, 3.63) is 27.3 Å². The summed E-state index contributed by atoms with van der Waals surface area (Å²) in [4.78, 5) is 12.0. The maximum atomic E-state index is 12.0. The number of rotatable bonds is 2. The van der Waals surface area contributed by atoms with Crippen molar-refractivity contribution < 1.29 is 14.3 Å². The molecule has 1 aromatic rings. The molecule has 0 N–H and O–H groups in total. The van der Waals surface area contributed by atoms with E-state index in [1.54, 1.807) is 13.2 Å². The van der Waals surface area contributed by atoms with Crippen LogP contribution in [0.25, 0.3) is 0 Å². The van der Waals surface area contributed by atoms with Crippen molar-refractivity contribution in [3.8, 4) is 5.75 Å². The fraction of sp³-hybridized carbons (Fsp3) is 0.417.